The maximum atomic E-state index is 12.3. The van der Waals surface area contributed by atoms with E-state index in [-0.39, 0.29) is 18.4 Å². The Hall–Kier alpha value is -1.59. The van der Waals surface area contributed by atoms with Gasteiger partial charge in [-0.05, 0) is 57.1 Å². The van der Waals surface area contributed by atoms with E-state index in [1.165, 1.54) is 6.42 Å². The van der Waals surface area contributed by atoms with Crippen LogP contribution in [0, 0.1) is 11.8 Å². The lowest BCUT2D eigenvalue weighted by molar-refractivity contribution is -0.121. The first kappa shape index (κ1) is 18.7. The smallest absolute Gasteiger partial charge is 0.227 e. The van der Waals surface area contributed by atoms with Gasteiger partial charge in [-0.2, -0.15) is 0 Å². The molecule has 1 aliphatic carbocycles. The quantitative estimate of drug-likeness (QED) is 0.805. The fourth-order valence-electron chi connectivity index (χ4n) is 3.22. The minimum atomic E-state index is -0.521. The van der Waals surface area contributed by atoms with Gasteiger partial charge in [0.15, 0.2) is 0 Å². The van der Waals surface area contributed by atoms with Gasteiger partial charge >= 0.3 is 0 Å². The molecule has 0 saturated heterocycles. The Morgan fingerprint density at radius 1 is 1.33 bits per heavy atom. The summed E-state index contributed by atoms with van der Waals surface area (Å²) in [6, 6.07) is 7.33. The van der Waals surface area contributed by atoms with Gasteiger partial charge in [0.25, 0.3) is 0 Å². The minimum absolute atomic E-state index is 0.122. The molecule has 1 aromatic rings. The lowest BCUT2D eigenvalue weighted by Crippen LogP contribution is -2.30. The molecule has 0 heterocycles. The van der Waals surface area contributed by atoms with Crippen molar-refractivity contribution in [2.75, 3.05) is 32.6 Å². The van der Waals surface area contributed by atoms with Gasteiger partial charge in [-0.3, -0.25) is 4.79 Å². The molecule has 0 aromatic heterocycles. The number of benzene rings is 1. The molecule has 5 nitrogen and oxygen atoms in total. The third kappa shape index (κ3) is 6.13. The lowest BCUT2D eigenvalue weighted by atomic mass is 9.82. The number of likely N-dealkylation sites (N-methyl/N-ethyl adjacent to an activating group) is 1. The van der Waals surface area contributed by atoms with Gasteiger partial charge < -0.3 is 20.1 Å². The number of ether oxygens (including phenoxy) is 1. The van der Waals surface area contributed by atoms with Gasteiger partial charge in [-0.15, -0.1) is 0 Å². The first-order chi connectivity index (χ1) is 11.4. The number of carbonyl (C=O) groups excluding carboxylic acids is 1. The average Bonchev–Trinajstić information content (AvgIpc) is 2.53. The van der Waals surface area contributed by atoms with Gasteiger partial charge in [0.05, 0.1) is 0 Å². The van der Waals surface area contributed by atoms with Crippen LogP contribution in [0.2, 0.25) is 0 Å². The summed E-state index contributed by atoms with van der Waals surface area (Å²) < 4.78 is 5.57. The van der Waals surface area contributed by atoms with E-state index in [2.05, 4.69) is 12.2 Å². The number of nitrogens with one attached hydrogen (secondary N) is 1. The third-order valence-corrected chi connectivity index (χ3v) is 4.45. The van der Waals surface area contributed by atoms with Crippen molar-refractivity contribution in [3.8, 4) is 5.75 Å². The molecule has 1 aliphatic rings. The summed E-state index contributed by atoms with van der Waals surface area (Å²) in [6.45, 7) is 3.04. The van der Waals surface area contributed by atoms with Crippen LogP contribution in [-0.4, -0.2) is 49.3 Å². The molecule has 3 unspecified atom stereocenters. The van der Waals surface area contributed by atoms with E-state index < -0.39 is 6.10 Å². The standard InChI is InChI=1S/C19H30N2O3/c1-14-5-4-6-15(11-14)19(23)20-16-7-9-18(10-8-16)24-13-17(22)12-21(2)3/h7-10,14-15,17,22H,4-6,11-13H2,1-3H3,(H,20,23). The Morgan fingerprint density at radius 3 is 2.67 bits per heavy atom. The zero-order valence-electron chi connectivity index (χ0n) is 15.0. The average molecular weight is 334 g/mol. The molecular formula is C19H30N2O3. The van der Waals surface area contributed by atoms with E-state index in [1.807, 2.05) is 43.3 Å². The number of aliphatic hydroxyl groups excluding tert-OH is 1. The van der Waals surface area contributed by atoms with E-state index in [9.17, 15) is 9.90 Å². The second-order valence-electron chi connectivity index (χ2n) is 7.21. The highest BCUT2D eigenvalue weighted by Crippen LogP contribution is 2.29. The molecule has 134 valence electrons. The molecule has 0 bridgehead atoms. The van der Waals surface area contributed by atoms with Gasteiger partial charge in [0.2, 0.25) is 5.91 Å². The minimum Gasteiger partial charge on any atom is -0.491 e. The van der Waals surface area contributed by atoms with Crippen molar-refractivity contribution < 1.29 is 14.6 Å². The van der Waals surface area contributed by atoms with Crippen molar-refractivity contribution in [1.29, 1.82) is 0 Å². The van der Waals surface area contributed by atoms with Crippen molar-refractivity contribution in [2.24, 2.45) is 11.8 Å². The highest BCUT2D eigenvalue weighted by Gasteiger charge is 2.24. The zero-order valence-corrected chi connectivity index (χ0v) is 15.0. The second-order valence-corrected chi connectivity index (χ2v) is 7.21. The Labute approximate surface area is 145 Å². The molecule has 2 rings (SSSR count). The van der Waals surface area contributed by atoms with Crippen molar-refractivity contribution >= 4 is 11.6 Å². The van der Waals surface area contributed by atoms with Crippen molar-refractivity contribution in [3.05, 3.63) is 24.3 Å². The third-order valence-electron chi connectivity index (χ3n) is 4.45. The fourth-order valence-corrected chi connectivity index (χ4v) is 3.22. The largest absolute Gasteiger partial charge is 0.491 e. The van der Waals surface area contributed by atoms with Crippen LogP contribution in [-0.2, 0) is 4.79 Å². The number of rotatable bonds is 7. The topological polar surface area (TPSA) is 61.8 Å². The predicted molar refractivity (Wildman–Crippen MR) is 96.2 cm³/mol. The maximum absolute atomic E-state index is 12.3. The van der Waals surface area contributed by atoms with Crippen LogP contribution < -0.4 is 10.1 Å². The van der Waals surface area contributed by atoms with E-state index in [0.717, 1.165) is 24.9 Å². The molecule has 5 heteroatoms. The van der Waals surface area contributed by atoms with Crippen LogP contribution in [0.5, 0.6) is 5.75 Å². The monoisotopic (exact) mass is 334 g/mol. The number of hydrogen-bond acceptors (Lipinski definition) is 4. The molecule has 0 aliphatic heterocycles. The molecule has 1 aromatic carbocycles. The highest BCUT2D eigenvalue weighted by atomic mass is 16.5. The maximum Gasteiger partial charge on any atom is 0.227 e. The summed E-state index contributed by atoms with van der Waals surface area (Å²) >= 11 is 0. The Bertz CT molecular complexity index is 516. The fraction of sp³-hybridized carbons (Fsp3) is 0.632. The van der Waals surface area contributed by atoms with Crippen molar-refractivity contribution in [2.45, 2.75) is 38.7 Å². The van der Waals surface area contributed by atoms with Crippen LogP contribution in [0.15, 0.2) is 24.3 Å². The SMILES string of the molecule is CC1CCCC(C(=O)Nc2ccc(OCC(O)CN(C)C)cc2)C1. The Kier molecular flexibility index (Phi) is 7.06. The first-order valence-electron chi connectivity index (χ1n) is 8.80. The van der Waals surface area contributed by atoms with E-state index in [0.29, 0.717) is 18.2 Å². The van der Waals surface area contributed by atoms with Gasteiger partial charge in [0, 0.05) is 18.2 Å². The molecule has 1 saturated carbocycles. The summed E-state index contributed by atoms with van der Waals surface area (Å²) in [5.74, 6) is 1.58. The highest BCUT2D eigenvalue weighted by molar-refractivity contribution is 5.92. The molecule has 2 N–H and O–H groups in total. The van der Waals surface area contributed by atoms with Crippen LogP contribution in [0.4, 0.5) is 5.69 Å². The first-order valence-corrected chi connectivity index (χ1v) is 8.80. The van der Waals surface area contributed by atoms with Crippen molar-refractivity contribution in [1.82, 2.24) is 4.90 Å². The van der Waals surface area contributed by atoms with Crippen LogP contribution in [0.3, 0.4) is 0 Å². The van der Waals surface area contributed by atoms with E-state index in [4.69, 9.17) is 4.74 Å². The normalized spacial score (nSPS) is 22.2. The number of aliphatic hydroxyl groups is 1. The summed E-state index contributed by atoms with van der Waals surface area (Å²) in [7, 11) is 3.82. The van der Waals surface area contributed by atoms with Crippen LogP contribution >= 0.6 is 0 Å². The number of nitrogens with zero attached hydrogens (tertiary/aromatic N) is 1. The van der Waals surface area contributed by atoms with Crippen LogP contribution in [0.1, 0.15) is 32.6 Å². The molecule has 0 radical (unpaired) electrons. The molecule has 24 heavy (non-hydrogen) atoms. The van der Waals surface area contributed by atoms with Gasteiger partial charge in [0.1, 0.15) is 18.5 Å². The summed E-state index contributed by atoms with van der Waals surface area (Å²) in [5.41, 5.74) is 0.791. The summed E-state index contributed by atoms with van der Waals surface area (Å²) in [5, 5.41) is 12.8. The van der Waals surface area contributed by atoms with Gasteiger partial charge in [-0.1, -0.05) is 19.8 Å². The summed E-state index contributed by atoms with van der Waals surface area (Å²) in [4.78, 5) is 14.3. The van der Waals surface area contributed by atoms with Crippen LogP contribution in [0.25, 0.3) is 0 Å². The zero-order chi connectivity index (χ0) is 17.5. The predicted octanol–water partition coefficient (Wildman–Crippen LogP) is 2.75. The molecule has 3 atom stereocenters. The number of amides is 1. The Balaban J connectivity index is 1.80. The lowest BCUT2D eigenvalue weighted by Gasteiger charge is -2.25. The molecule has 1 amide bonds. The summed E-state index contributed by atoms with van der Waals surface area (Å²) in [6.07, 6.45) is 3.82. The number of hydrogen-bond donors (Lipinski definition) is 2. The Morgan fingerprint density at radius 2 is 2.04 bits per heavy atom. The molecule has 1 fully saturated rings. The van der Waals surface area contributed by atoms with E-state index in [1.54, 1.807) is 0 Å². The number of anilines is 1. The van der Waals surface area contributed by atoms with Crippen molar-refractivity contribution in [3.63, 3.8) is 0 Å². The second kappa shape index (κ2) is 9.04. The van der Waals surface area contributed by atoms with E-state index >= 15 is 0 Å². The molecular weight excluding hydrogens is 304 g/mol. The van der Waals surface area contributed by atoms with Gasteiger partial charge in [-0.25, -0.2) is 0 Å². The number of carbonyl (C=O) groups is 1. The molecule has 0 spiro atoms.